The Balaban J connectivity index is 1.87. The number of fused-ring (bicyclic) bond motifs is 1. The van der Waals surface area contributed by atoms with E-state index in [1.54, 1.807) is 12.1 Å². The molecular weight excluding hydrogens is 280 g/mol. The monoisotopic (exact) mass is 292 g/mol. The summed E-state index contributed by atoms with van der Waals surface area (Å²) in [5.74, 6) is 1.18. The van der Waals surface area contributed by atoms with E-state index in [9.17, 15) is 0 Å². The molecule has 0 unspecified atom stereocenters. The molecule has 0 radical (unpaired) electrons. The van der Waals surface area contributed by atoms with Crippen molar-refractivity contribution >= 4 is 40.1 Å². The third kappa shape index (κ3) is 2.57. The highest BCUT2D eigenvalue weighted by Crippen LogP contribution is 2.32. The van der Waals surface area contributed by atoms with Crippen molar-refractivity contribution in [3.63, 3.8) is 0 Å². The van der Waals surface area contributed by atoms with Crippen molar-refractivity contribution in [1.29, 1.82) is 0 Å². The molecule has 0 saturated heterocycles. The van der Waals surface area contributed by atoms with Crippen LogP contribution in [0.5, 0.6) is 0 Å². The first-order valence-corrected chi connectivity index (χ1v) is 7.38. The van der Waals surface area contributed by atoms with Crippen LogP contribution in [-0.2, 0) is 0 Å². The van der Waals surface area contributed by atoms with Gasteiger partial charge < -0.3 is 10.2 Å². The predicted octanol–water partition coefficient (Wildman–Crippen LogP) is 3.54. The van der Waals surface area contributed by atoms with Crippen LogP contribution in [0, 0.1) is 0 Å². The van der Waals surface area contributed by atoms with E-state index in [2.05, 4.69) is 28.2 Å². The van der Waals surface area contributed by atoms with E-state index in [1.807, 2.05) is 6.07 Å². The van der Waals surface area contributed by atoms with Gasteiger partial charge in [0.05, 0.1) is 0 Å². The van der Waals surface area contributed by atoms with Gasteiger partial charge in [-0.3, -0.25) is 0 Å². The maximum Gasteiger partial charge on any atom is 0.264 e. The molecule has 2 heterocycles. The number of oxazole rings is 1. The standard InChI is InChI=1S/C12H12N4OS2/c1-6(2)10-15-12(19-16-10)18-11-14-8-5-7(13)3-4-9(8)17-11/h3-6H,13H2,1-2H3. The summed E-state index contributed by atoms with van der Waals surface area (Å²) in [6.07, 6.45) is 0. The molecule has 0 saturated carbocycles. The van der Waals surface area contributed by atoms with E-state index in [-0.39, 0.29) is 0 Å². The Morgan fingerprint density at radius 2 is 2.16 bits per heavy atom. The number of nitrogens with zero attached hydrogens (tertiary/aromatic N) is 3. The minimum Gasteiger partial charge on any atom is -0.431 e. The molecule has 7 heteroatoms. The molecule has 0 atom stereocenters. The van der Waals surface area contributed by atoms with E-state index in [0.717, 1.165) is 21.3 Å². The highest BCUT2D eigenvalue weighted by molar-refractivity contribution is 8.00. The van der Waals surface area contributed by atoms with Gasteiger partial charge in [-0.1, -0.05) is 13.8 Å². The number of nitrogen functional groups attached to an aromatic ring is 1. The molecular formula is C12H12N4OS2. The summed E-state index contributed by atoms with van der Waals surface area (Å²) < 4.78 is 10.8. The minimum atomic E-state index is 0.328. The Labute approximate surface area is 118 Å². The number of nitrogens with two attached hydrogens (primary N) is 1. The predicted molar refractivity (Wildman–Crippen MR) is 76.5 cm³/mol. The van der Waals surface area contributed by atoms with Gasteiger partial charge in [0.25, 0.3) is 5.22 Å². The average molecular weight is 292 g/mol. The van der Waals surface area contributed by atoms with E-state index in [1.165, 1.54) is 23.3 Å². The first-order chi connectivity index (χ1) is 9.11. The van der Waals surface area contributed by atoms with Gasteiger partial charge in [-0.05, 0) is 29.7 Å². The average Bonchev–Trinajstić information content (AvgIpc) is 2.95. The van der Waals surface area contributed by atoms with Crippen molar-refractivity contribution in [3.05, 3.63) is 24.0 Å². The fourth-order valence-electron chi connectivity index (χ4n) is 1.54. The molecule has 0 aliphatic heterocycles. The second-order valence-electron chi connectivity index (χ2n) is 4.38. The molecule has 0 aliphatic rings. The molecule has 98 valence electrons. The third-order valence-electron chi connectivity index (χ3n) is 2.51. The molecule has 3 rings (SSSR count). The Morgan fingerprint density at radius 1 is 1.32 bits per heavy atom. The lowest BCUT2D eigenvalue weighted by Crippen LogP contribution is -1.88. The van der Waals surface area contributed by atoms with Crippen LogP contribution in [0.15, 0.2) is 32.2 Å². The topological polar surface area (TPSA) is 77.8 Å². The Bertz CT molecular complexity index is 719. The summed E-state index contributed by atoms with van der Waals surface area (Å²) in [5.41, 5.74) is 7.88. The summed E-state index contributed by atoms with van der Waals surface area (Å²) in [6.45, 7) is 4.14. The van der Waals surface area contributed by atoms with Gasteiger partial charge in [-0.25, -0.2) is 9.97 Å². The second-order valence-corrected chi connectivity index (χ2v) is 6.33. The number of rotatable bonds is 3. The molecule has 0 fully saturated rings. The molecule has 1 aromatic carbocycles. The first-order valence-electron chi connectivity index (χ1n) is 5.79. The zero-order valence-corrected chi connectivity index (χ0v) is 12.1. The molecule has 0 bridgehead atoms. The van der Waals surface area contributed by atoms with Crippen molar-refractivity contribution in [1.82, 2.24) is 14.3 Å². The summed E-state index contributed by atoms with van der Waals surface area (Å²) in [6, 6.07) is 5.41. The van der Waals surface area contributed by atoms with Gasteiger partial charge >= 0.3 is 0 Å². The van der Waals surface area contributed by atoms with Crippen molar-refractivity contribution in [2.24, 2.45) is 0 Å². The summed E-state index contributed by atoms with van der Waals surface area (Å²) in [4.78, 5) is 8.82. The van der Waals surface area contributed by atoms with E-state index in [0.29, 0.717) is 16.8 Å². The lowest BCUT2D eigenvalue weighted by Gasteiger charge is -1.93. The smallest absolute Gasteiger partial charge is 0.264 e. The van der Waals surface area contributed by atoms with E-state index in [4.69, 9.17) is 10.2 Å². The van der Waals surface area contributed by atoms with Crippen molar-refractivity contribution in [2.75, 3.05) is 5.73 Å². The molecule has 2 aromatic heterocycles. The Hall–Kier alpha value is -1.60. The molecule has 19 heavy (non-hydrogen) atoms. The fraction of sp³-hybridized carbons (Fsp3) is 0.250. The Morgan fingerprint density at radius 3 is 2.89 bits per heavy atom. The summed E-state index contributed by atoms with van der Waals surface area (Å²) in [5, 5.41) is 0.562. The maximum absolute atomic E-state index is 5.71. The lowest BCUT2D eigenvalue weighted by molar-refractivity contribution is 0.489. The van der Waals surface area contributed by atoms with Crippen LogP contribution < -0.4 is 5.73 Å². The fourth-order valence-corrected chi connectivity index (χ4v) is 3.13. The molecule has 2 N–H and O–H groups in total. The highest BCUT2D eigenvalue weighted by atomic mass is 32.2. The van der Waals surface area contributed by atoms with Gasteiger partial charge in [0.1, 0.15) is 11.3 Å². The van der Waals surface area contributed by atoms with Crippen molar-refractivity contribution < 1.29 is 4.42 Å². The highest BCUT2D eigenvalue weighted by Gasteiger charge is 2.13. The number of aromatic nitrogens is 3. The number of hydrogen-bond donors (Lipinski definition) is 1. The SMILES string of the molecule is CC(C)c1nsc(Sc2nc3cc(N)ccc3o2)n1. The second kappa shape index (κ2) is 4.82. The summed E-state index contributed by atoms with van der Waals surface area (Å²) >= 11 is 2.75. The minimum absolute atomic E-state index is 0.328. The maximum atomic E-state index is 5.71. The van der Waals surface area contributed by atoms with Gasteiger partial charge in [0.2, 0.25) is 0 Å². The zero-order valence-electron chi connectivity index (χ0n) is 10.5. The van der Waals surface area contributed by atoms with Crippen LogP contribution >= 0.6 is 23.3 Å². The van der Waals surface area contributed by atoms with Gasteiger partial charge in [-0.2, -0.15) is 4.37 Å². The van der Waals surface area contributed by atoms with Gasteiger partial charge in [0.15, 0.2) is 9.92 Å². The Kier molecular flexibility index (Phi) is 3.16. The molecule has 0 spiro atoms. The molecule has 0 amide bonds. The molecule has 5 nitrogen and oxygen atoms in total. The van der Waals surface area contributed by atoms with E-state index < -0.39 is 0 Å². The van der Waals surface area contributed by atoms with Crippen molar-refractivity contribution in [2.45, 2.75) is 29.3 Å². The van der Waals surface area contributed by atoms with Crippen LogP contribution in [-0.4, -0.2) is 14.3 Å². The molecule has 3 aromatic rings. The van der Waals surface area contributed by atoms with Crippen LogP contribution in [0.1, 0.15) is 25.6 Å². The summed E-state index contributed by atoms with van der Waals surface area (Å²) in [7, 11) is 0. The third-order valence-corrected chi connectivity index (χ3v) is 4.12. The van der Waals surface area contributed by atoms with Crippen molar-refractivity contribution in [3.8, 4) is 0 Å². The number of hydrogen-bond acceptors (Lipinski definition) is 7. The molecule has 0 aliphatic carbocycles. The van der Waals surface area contributed by atoms with Gasteiger partial charge in [-0.15, -0.1) is 0 Å². The van der Waals surface area contributed by atoms with Crippen LogP contribution in [0.2, 0.25) is 0 Å². The first kappa shape index (κ1) is 12.4. The quantitative estimate of drug-likeness (QED) is 0.744. The van der Waals surface area contributed by atoms with Crippen LogP contribution in [0.3, 0.4) is 0 Å². The van der Waals surface area contributed by atoms with Crippen LogP contribution in [0.25, 0.3) is 11.1 Å². The van der Waals surface area contributed by atoms with Crippen LogP contribution in [0.4, 0.5) is 5.69 Å². The number of benzene rings is 1. The van der Waals surface area contributed by atoms with E-state index >= 15 is 0 Å². The van der Waals surface area contributed by atoms with Gasteiger partial charge in [0, 0.05) is 23.4 Å². The largest absolute Gasteiger partial charge is 0.431 e. The lowest BCUT2D eigenvalue weighted by atomic mass is 10.2. The zero-order chi connectivity index (χ0) is 13.4. The number of anilines is 1. The normalized spacial score (nSPS) is 11.5.